The number of phenols is 1. The number of benzene rings is 1. The fourth-order valence-corrected chi connectivity index (χ4v) is 1.04. The predicted molar refractivity (Wildman–Crippen MR) is 49.9 cm³/mol. The minimum Gasteiger partial charge on any atom is -0.506 e. The number of nitrogens with two attached hydrogens (primary N) is 1. The van der Waals surface area contributed by atoms with Crippen LogP contribution in [-0.4, -0.2) is 27.4 Å². The number of nitrogen functional groups attached to an aromatic ring is 1. The van der Waals surface area contributed by atoms with Crippen molar-refractivity contribution >= 4 is 11.7 Å². The third kappa shape index (κ3) is 2.37. The first-order valence-corrected chi connectivity index (χ1v) is 3.99. The summed E-state index contributed by atoms with van der Waals surface area (Å²) in [6.07, 6.45) is -1.47. The summed E-state index contributed by atoms with van der Waals surface area (Å²) in [5.74, 6) is -1.34. The van der Waals surface area contributed by atoms with E-state index in [9.17, 15) is 4.79 Å². The van der Waals surface area contributed by atoms with Gasteiger partial charge >= 0.3 is 5.97 Å². The fourth-order valence-electron chi connectivity index (χ4n) is 1.04. The first-order valence-electron chi connectivity index (χ1n) is 3.99. The minimum absolute atomic E-state index is 0.0280. The molecule has 0 aliphatic carbocycles. The summed E-state index contributed by atoms with van der Waals surface area (Å²) >= 11 is 0. The molecule has 0 saturated carbocycles. The van der Waals surface area contributed by atoms with Gasteiger partial charge in [-0.15, -0.1) is 0 Å². The maximum Gasteiger partial charge on any atom is 0.332 e. The summed E-state index contributed by atoms with van der Waals surface area (Å²) in [5, 5.41) is 26.6. The number of rotatable bonds is 3. The van der Waals surface area contributed by atoms with Crippen LogP contribution in [0.4, 0.5) is 5.69 Å². The Morgan fingerprint density at radius 2 is 2.14 bits per heavy atom. The van der Waals surface area contributed by atoms with Gasteiger partial charge in [0.1, 0.15) is 5.75 Å². The Morgan fingerprint density at radius 1 is 1.50 bits per heavy atom. The maximum absolute atomic E-state index is 10.3. The average Bonchev–Trinajstić information content (AvgIpc) is 2.11. The van der Waals surface area contributed by atoms with Crippen molar-refractivity contribution < 1.29 is 20.1 Å². The van der Waals surface area contributed by atoms with Crippen molar-refractivity contribution in [3.63, 3.8) is 0 Å². The number of anilines is 1. The van der Waals surface area contributed by atoms with Crippen molar-refractivity contribution in [3.8, 4) is 5.75 Å². The number of carboxylic acid groups (broad SMARTS) is 1. The topological polar surface area (TPSA) is 104 Å². The molecule has 1 atom stereocenters. The molecule has 0 aliphatic rings. The van der Waals surface area contributed by atoms with E-state index in [1.54, 1.807) is 0 Å². The standard InChI is InChI=1S/C9H11NO4/c10-6-3-5(1-2-7(6)11)4-8(12)9(13)14/h1-3,8,11-12H,4,10H2,(H,13,14). The van der Waals surface area contributed by atoms with E-state index in [0.717, 1.165) is 0 Å². The summed E-state index contributed by atoms with van der Waals surface area (Å²) in [5.41, 5.74) is 6.13. The normalized spacial score (nSPS) is 12.4. The number of hydrogen-bond acceptors (Lipinski definition) is 4. The van der Waals surface area contributed by atoms with Crippen molar-refractivity contribution in [1.29, 1.82) is 0 Å². The van der Waals surface area contributed by atoms with Gasteiger partial charge in [0, 0.05) is 6.42 Å². The van der Waals surface area contributed by atoms with Crippen LogP contribution in [0.2, 0.25) is 0 Å². The fraction of sp³-hybridized carbons (Fsp3) is 0.222. The van der Waals surface area contributed by atoms with E-state index in [0.29, 0.717) is 5.56 Å². The quantitative estimate of drug-likeness (QED) is 0.402. The van der Waals surface area contributed by atoms with E-state index in [-0.39, 0.29) is 17.9 Å². The molecule has 1 aromatic carbocycles. The van der Waals surface area contributed by atoms with Crippen molar-refractivity contribution in [2.24, 2.45) is 0 Å². The highest BCUT2D eigenvalue weighted by Gasteiger charge is 2.13. The largest absolute Gasteiger partial charge is 0.506 e. The van der Waals surface area contributed by atoms with Gasteiger partial charge in [-0.1, -0.05) is 6.07 Å². The molecule has 0 saturated heterocycles. The molecule has 0 heterocycles. The van der Waals surface area contributed by atoms with Crippen molar-refractivity contribution in [3.05, 3.63) is 23.8 Å². The zero-order valence-corrected chi connectivity index (χ0v) is 7.34. The van der Waals surface area contributed by atoms with E-state index in [4.69, 9.17) is 21.1 Å². The summed E-state index contributed by atoms with van der Waals surface area (Å²) in [6, 6.07) is 4.30. The molecule has 0 bridgehead atoms. The predicted octanol–water partition coefficient (Wildman–Crippen LogP) is -0.0376. The number of carbonyl (C=O) groups is 1. The van der Waals surface area contributed by atoms with Crippen LogP contribution in [0.3, 0.4) is 0 Å². The number of hydrogen-bond donors (Lipinski definition) is 4. The van der Waals surface area contributed by atoms with Gasteiger partial charge in [0.05, 0.1) is 5.69 Å². The molecule has 1 rings (SSSR count). The third-order valence-corrected chi connectivity index (χ3v) is 1.81. The zero-order chi connectivity index (χ0) is 10.7. The first-order chi connectivity index (χ1) is 6.50. The Bertz CT molecular complexity index is 351. The molecule has 0 radical (unpaired) electrons. The van der Waals surface area contributed by atoms with Crippen molar-refractivity contribution in [1.82, 2.24) is 0 Å². The van der Waals surface area contributed by atoms with Crippen LogP contribution in [0.25, 0.3) is 0 Å². The van der Waals surface area contributed by atoms with Crippen molar-refractivity contribution in [2.45, 2.75) is 12.5 Å². The summed E-state index contributed by atoms with van der Waals surface area (Å²) < 4.78 is 0. The average molecular weight is 197 g/mol. The van der Waals surface area contributed by atoms with Gasteiger partial charge in [0.2, 0.25) is 0 Å². The smallest absolute Gasteiger partial charge is 0.332 e. The number of carboxylic acids is 1. The lowest BCUT2D eigenvalue weighted by Gasteiger charge is -2.06. The number of aliphatic hydroxyl groups is 1. The zero-order valence-electron chi connectivity index (χ0n) is 7.34. The second-order valence-corrected chi connectivity index (χ2v) is 2.95. The summed E-state index contributed by atoms with van der Waals surface area (Å²) in [4.78, 5) is 10.3. The Balaban J connectivity index is 2.78. The molecule has 76 valence electrons. The van der Waals surface area contributed by atoms with Crippen LogP contribution < -0.4 is 5.73 Å². The van der Waals surface area contributed by atoms with E-state index in [1.165, 1.54) is 18.2 Å². The molecule has 0 aromatic heterocycles. The number of aromatic hydroxyl groups is 1. The highest BCUT2D eigenvalue weighted by Crippen LogP contribution is 2.21. The van der Waals surface area contributed by atoms with Gasteiger partial charge in [-0.2, -0.15) is 0 Å². The molecule has 1 aromatic rings. The highest BCUT2D eigenvalue weighted by molar-refractivity contribution is 5.72. The van der Waals surface area contributed by atoms with Crippen LogP contribution >= 0.6 is 0 Å². The summed E-state index contributed by atoms with van der Waals surface area (Å²) in [7, 11) is 0. The Hall–Kier alpha value is -1.75. The number of aliphatic hydroxyl groups excluding tert-OH is 1. The SMILES string of the molecule is Nc1cc(CC(O)C(=O)O)ccc1O. The monoisotopic (exact) mass is 197 g/mol. The van der Waals surface area contributed by atoms with E-state index in [1.807, 2.05) is 0 Å². The second kappa shape index (κ2) is 3.97. The minimum atomic E-state index is -1.45. The molecule has 0 spiro atoms. The van der Waals surface area contributed by atoms with Gasteiger partial charge in [-0.05, 0) is 17.7 Å². The molecule has 1 unspecified atom stereocenters. The maximum atomic E-state index is 10.3. The first kappa shape index (κ1) is 10.3. The lowest BCUT2D eigenvalue weighted by molar-refractivity contribution is -0.146. The van der Waals surface area contributed by atoms with Gasteiger partial charge in [-0.3, -0.25) is 0 Å². The lowest BCUT2D eigenvalue weighted by atomic mass is 10.1. The molecule has 5 heteroatoms. The molecule has 0 fully saturated rings. The molecule has 14 heavy (non-hydrogen) atoms. The molecule has 5 N–H and O–H groups in total. The Kier molecular flexibility index (Phi) is 2.93. The van der Waals surface area contributed by atoms with Crippen molar-refractivity contribution in [2.75, 3.05) is 5.73 Å². The van der Waals surface area contributed by atoms with Crippen LogP contribution in [-0.2, 0) is 11.2 Å². The Labute approximate surface area is 80.4 Å². The van der Waals surface area contributed by atoms with E-state index >= 15 is 0 Å². The highest BCUT2D eigenvalue weighted by atomic mass is 16.4. The van der Waals surface area contributed by atoms with E-state index in [2.05, 4.69) is 0 Å². The summed E-state index contributed by atoms with van der Waals surface area (Å²) in [6.45, 7) is 0. The second-order valence-electron chi connectivity index (χ2n) is 2.95. The van der Waals surface area contributed by atoms with Crippen LogP contribution in [0.5, 0.6) is 5.75 Å². The van der Waals surface area contributed by atoms with Gasteiger partial charge in [-0.25, -0.2) is 4.79 Å². The van der Waals surface area contributed by atoms with Gasteiger partial charge in [0.15, 0.2) is 6.10 Å². The van der Waals surface area contributed by atoms with Crippen LogP contribution in [0.15, 0.2) is 18.2 Å². The van der Waals surface area contributed by atoms with Gasteiger partial charge in [0.25, 0.3) is 0 Å². The molecule has 0 amide bonds. The molecular weight excluding hydrogens is 186 g/mol. The lowest BCUT2D eigenvalue weighted by Crippen LogP contribution is -2.21. The van der Waals surface area contributed by atoms with Crippen LogP contribution in [0, 0.1) is 0 Å². The number of phenolic OH excluding ortho intramolecular Hbond substituents is 1. The Morgan fingerprint density at radius 3 is 2.64 bits per heavy atom. The molecular formula is C9H11NO4. The van der Waals surface area contributed by atoms with Crippen LogP contribution in [0.1, 0.15) is 5.56 Å². The third-order valence-electron chi connectivity index (χ3n) is 1.81. The molecule has 5 nitrogen and oxygen atoms in total. The van der Waals surface area contributed by atoms with E-state index < -0.39 is 12.1 Å². The number of aliphatic carboxylic acids is 1. The molecule has 0 aliphatic heterocycles. The van der Waals surface area contributed by atoms with Gasteiger partial charge < -0.3 is 21.1 Å².